The molecule has 0 spiro atoms. The molecule has 0 fully saturated rings. The molecule has 0 saturated carbocycles. The van der Waals surface area contributed by atoms with Crippen molar-refractivity contribution in [2.24, 2.45) is 0 Å². The van der Waals surface area contributed by atoms with Crippen LogP contribution in [0.5, 0.6) is 11.5 Å². The largest absolute Gasteiger partial charge is 0.497 e. The average molecular weight is 296 g/mol. The summed E-state index contributed by atoms with van der Waals surface area (Å²) in [7, 11) is 4.84. The third-order valence-electron chi connectivity index (χ3n) is 3.06. The van der Waals surface area contributed by atoms with E-state index >= 15 is 0 Å². The summed E-state index contributed by atoms with van der Waals surface area (Å²) in [6, 6.07) is 5.08. The second-order valence-electron chi connectivity index (χ2n) is 4.58. The van der Waals surface area contributed by atoms with Crippen LogP contribution in [0, 0.1) is 0 Å². The van der Waals surface area contributed by atoms with Crippen LogP contribution >= 0.6 is 0 Å². The first kappa shape index (κ1) is 17.1. The second-order valence-corrected chi connectivity index (χ2v) is 4.58. The lowest BCUT2D eigenvalue weighted by molar-refractivity contribution is 0.193. The lowest BCUT2D eigenvalue weighted by Crippen LogP contribution is -2.37. The number of amides is 2. The minimum Gasteiger partial charge on any atom is -0.497 e. The lowest BCUT2D eigenvalue weighted by Gasteiger charge is -2.18. The van der Waals surface area contributed by atoms with E-state index in [1.807, 2.05) is 25.1 Å². The van der Waals surface area contributed by atoms with Crippen LogP contribution in [0.1, 0.15) is 24.9 Å². The summed E-state index contributed by atoms with van der Waals surface area (Å²) in [6.07, 6.45) is 0.779. The molecule has 1 aromatic rings. The Bertz CT molecular complexity index is 451. The van der Waals surface area contributed by atoms with Gasteiger partial charge in [0, 0.05) is 25.8 Å². The van der Waals surface area contributed by atoms with Gasteiger partial charge in [-0.2, -0.15) is 0 Å². The number of rotatable bonds is 8. The molecule has 21 heavy (non-hydrogen) atoms. The fraction of sp³-hybridized carbons (Fsp3) is 0.533. The zero-order valence-electron chi connectivity index (χ0n) is 13.1. The minimum absolute atomic E-state index is 0.197. The highest BCUT2D eigenvalue weighted by Gasteiger charge is 2.14. The zero-order valence-corrected chi connectivity index (χ0v) is 13.1. The molecule has 6 nitrogen and oxygen atoms in total. The molecule has 1 rings (SSSR count). The maximum absolute atomic E-state index is 11.8. The first-order valence-electron chi connectivity index (χ1n) is 6.87. The number of methoxy groups -OCH3 is 3. The highest BCUT2D eigenvalue weighted by Crippen LogP contribution is 2.29. The molecule has 1 unspecified atom stereocenters. The van der Waals surface area contributed by atoms with Crippen LogP contribution in [0.4, 0.5) is 4.79 Å². The molecule has 0 aliphatic rings. The highest BCUT2D eigenvalue weighted by atomic mass is 16.5. The molecule has 2 amide bonds. The van der Waals surface area contributed by atoms with Gasteiger partial charge in [-0.15, -0.1) is 0 Å². The second kappa shape index (κ2) is 9.07. The number of ether oxygens (including phenoxy) is 3. The molecular weight excluding hydrogens is 272 g/mol. The van der Waals surface area contributed by atoms with Gasteiger partial charge in [-0.3, -0.25) is 0 Å². The summed E-state index contributed by atoms with van der Waals surface area (Å²) in [5, 5.41) is 5.65. The number of nitrogens with one attached hydrogen (secondary N) is 2. The van der Waals surface area contributed by atoms with Gasteiger partial charge in [-0.25, -0.2) is 4.79 Å². The lowest BCUT2D eigenvalue weighted by atomic mass is 10.1. The fourth-order valence-corrected chi connectivity index (χ4v) is 1.92. The van der Waals surface area contributed by atoms with Crippen LogP contribution in [-0.4, -0.2) is 40.5 Å². The molecule has 0 saturated heterocycles. The SMILES string of the molecule is COCCCNC(=O)NC(C)c1cc(OC)ccc1OC. The Morgan fingerprint density at radius 1 is 1.24 bits per heavy atom. The molecule has 0 radical (unpaired) electrons. The van der Waals surface area contributed by atoms with Crippen molar-refractivity contribution in [3.8, 4) is 11.5 Å². The Balaban J connectivity index is 2.61. The highest BCUT2D eigenvalue weighted by molar-refractivity contribution is 5.74. The van der Waals surface area contributed by atoms with Crippen molar-refractivity contribution < 1.29 is 19.0 Å². The van der Waals surface area contributed by atoms with E-state index in [1.165, 1.54) is 0 Å². The van der Waals surface area contributed by atoms with Crippen LogP contribution in [0.2, 0.25) is 0 Å². The average Bonchev–Trinajstić information content (AvgIpc) is 2.50. The zero-order chi connectivity index (χ0) is 15.7. The first-order valence-corrected chi connectivity index (χ1v) is 6.87. The molecule has 1 aromatic carbocycles. The van der Waals surface area contributed by atoms with Gasteiger partial charge in [0.15, 0.2) is 0 Å². The van der Waals surface area contributed by atoms with E-state index in [9.17, 15) is 4.79 Å². The number of hydrogen-bond acceptors (Lipinski definition) is 4. The van der Waals surface area contributed by atoms with Gasteiger partial charge in [0.05, 0.1) is 20.3 Å². The number of urea groups is 1. The van der Waals surface area contributed by atoms with E-state index in [1.54, 1.807) is 21.3 Å². The summed E-state index contributed by atoms with van der Waals surface area (Å²) in [6.45, 7) is 3.09. The van der Waals surface area contributed by atoms with Crippen molar-refractivity contribution in [1.29, 1.82) is 0 Å². The molecule has 6 heteroatoms. The monoisotopic (exact) mass is 296 g/mol. The predicted octanol–water partition coefficient (Wildman–Crippen LogP) is 2.10. The van der Waals surface area contributed by atoms with Gasteiger partial charge >= 0.3 is 6.03 Å². The van der Waals surface area contributed by atoms with E-state index in [2.05, 4.69) is 10.6 Å². The van der Waals surface area contributed by atoms with E-state index in [-0.39, 0.29) is 12.1 Å². The number of hydrogen-bond donors (Lipinski definition) is 2. The van der Waals surface area contributed by atoms with Crippen molar-refractivity contribution in [3.05, 3.63) is 23.8 Å². The van der Waals surface area contributed by atoms with Crippen molar-refractivity contribution >= 4 is 6.03 Å². The standard InChI is InChI=1S/C15H24N2O4/c1-11(17-15(18)16-8-5-9-19-2)13-10-12(20-3)6-7-14(13)21-4/h6-7,10-11H,5,8-9H2,1-4H3,(H2,16,17,18). The number of benzene rings is 1. The molecule has 2 N–H and O–H groups in total. The van der Waals surface area contributed by atoms with Gasteiger partial charge in [0.2, 0.25) is 0 Å². The fourth-order valence-electron chi connectivity index (χ4n) is 1.92. The Kier molecular flexibility index (Phi) is 7.39. The summed E-state index contributed by atoms with van der Waals surface area (Å²) in [5.74, 6) is 1.43. The smallest absolute Gasteiger partial charge is 0.315 e. The summed E-state index contributed by atoms with van der Waals surface area (Å²) >= 11 is 0. The van der Waals surface area contributed by atoms with E-state index < -0.39 is 0 Å². The normalized spacial score (nSPS) is 11.6. The molecule has 1 atom stereocenters. The number of carbonyl (C=O) groups excluding carboxylic acids is 1. The molecule has 0 heterocycles. The van der Waals surface area contributed by atoms with Crippen molar-refractivity contribution in [1.82, 2.24) is 10.6 Å². The van der Waals surface area contributed by atoms with Crippen LogP contribution in [0.15, 0.2) is 18.2 Å². The van der Waals surface area contributed by atoms with Gasteiger partial charge in [-0.1, -0.05) is 0 Å². The minimum atomic E-state index is -0.219. The maximum atomic E-state index is 11.8. The number of carbonyl (C=O) groups is 1. The van der Waals surface area contributed by atoms with E-state index in [4.69, 9.17) is 14.2 Å². The molecule has 0 aliphatic carbocycles. The summed E-state index contributed by atoms with van der Waals surface area (Å²) in [4.78, 5) is 11.8. The Morgan fingerprint density at radius 2 is 2.00 bits per heavy atom. The maximum Gasteiger partial charge on any atom is 0.315 e. The molecule has 0 aromatic heterocycles. The van der Waals surface area contributed by atoms with Crippen LogP contribution in [0.3, 0.4) is 0 Å². The van der Waals surface area contributed by atoms with Crippen molar-refractivity contribution in [2.75, 3.05) is 34.5 Å². The molecule has 0 bridgehead atoms. The van der Waals surface area contributed by atoms with E-state index in [0.29, 0.717) is 18.9 Å². The summed E-state index contributed by atoms with van der Waals surface area (Å²) < 4.78 is 15.4. The van der Waals surface area contributed by atoms with Crippen LogP contribution < -0.4 is 20.1 Å². The van der Waals surface area contributed by atoms with Gasteiger partial charge in [0.1, 0.15) is 11.5 Å². The topological polar surface area (TPSA) is 68.8 Å². The molecule has 118 valence electrons. The van der Waals surface area contributed by atoms with E-state index in [0.717, 1.165) is 17.7 Å². The molecule has 0 aliphatic heterocycles. The van der Waals surface area contributed by atoms with Crippen molar-refractivity contribution in [2.45, 2.75) is 19.4 Å². The molecular formula is C15H24N2O4. The van der Waals surface area contributed by atoms with Gasteiger partial charge in [0.25, 0.3) is 0 Å². The van der Waals surface area contributed by atoms with Gasteiger partial charge < -0.3 is 24.8 Å². The first-order chi connectivity index (χ1) is 10.1. The Morgan fingerprint density at radius 3 is 2.62 bits per heavy atom. The third-order valence-corrected chi connectivity index (χ3v) is 3.06. The van der Waals surface area contributed by atoms with Crippen LogP contribution in [0.25, 0.3) is 0 Å². The van der Waals surface area contributed by atoms with Crippen molar-refractivity contribution in [3.63, 3.8) is 0 Å². The van der Waals surface area contributed by atoms with Crippen LogP contribution in [-0.2, 0) is 4.74 Å². The quantitative estimate of drug-likeness (QED) is 0.721. The Labute approximate surface area is 125 Å². The third kappa shape index (κ3) is 5.51. The van der Waals surface area contributed by atoms with Gasteiger partial charge in [-0.05, 0) is 31.5 Å². The predicted molar refractivity (Wildman–Crippen MR) is 81.0 cm³/mol. The Hall–Kier alpha value is -1.95. The summed E-state index contributed by atoms with van der Waals surface area (Å²) in [5.41, 5.74) is 0.865.